The van der Waals surface area contributed by atoms with Gasteiger partial charge in [0.2, 0.25) is 5.91 Å². The van der Waals surface area contributed by atoms with Crippen molar-refractivity contribution in [2.24, 2.45) is 11.8 Å². The summed E-state index contributed by atoms with van der Waals surface area (Å²) in [5.41, 5.74) is 4.71. The maximum atomic E-state index is 13.1. The van der Waals surface area contributed by atoms with Crippen molar-refractivity contribution in [1.82, 2.24) is 19.4 Å². The molecule has 3 fully saturated rings. The largest absolute Gasteiger partial charge is 0.382 e. The fraction of sp³-hybridized carbons (Fsp3) is 0.548. The van der Waals surface area contributed by atoms with E-state index in [1.54, 1.807) is 0 Å². The molecular formula is C31H41N5O2. The maximum absolute atomic E-state index is 13.1. The van der Waals surface area contributed by atoms with E-state index in [9.17, 15) is 9.90 Å². The molecule has 4 heterocycles. The Balaban J connectivity index is 1.14. The minimum Gasteiger partial charge on any atom is -0.382 e. The minimum absolute atomic E-state index is 0.226. The molecule has 38 heavy (non-hydrogen) atoms. The summed E-state index contributed by atoms with van der Waals surface area (Å²) in [6.45, 7) is 11.3. The third kappa shape index (κ3) is 4.71. The number of amides is 1. The maximum Gasteiger partial charge on any atom is 0.225 e. The van der Waals surface area contributed by atoms with Crippen molar-refractivity contribution in [3.63, 3.8) is 0 Å². The van der Waals surface area contributed by atoms with Gasteiger partial charge in [-0.05, 0) is 68.7 Å². The summed E-state index contributed by atoms with van der Waals surface area (Å²) in [7, 11) is 0. The number of anilines is 1. The zero-order valence-electron chi connectivity index (χ0n) is 23.0. The lowest BCUT2D eigenvalue weighted by Gasteiger charge is -2.49. The topological polar surface area (TPSA) is 64.3 Å². The van der Waals surface area contributed by atoms with Crippen molar-refractivity contribution in [2.45, 2.75) is 58.1 Å². The number of carbonyl (C=O) groups excluding carboxylic acids is 1. The second-order valence-corrected chi connectivity index (χ2v) is 12.2. The first-order valence-corrected chi connectivity index (χ1v) is 14.4. The predicted octanol–water partition coefficient (Wildman–Crippen LogP) is 4.39. The molecule has 1 N–H and O–H groups in total. The number of rotatable bonds is 5. The van der Waals surface area contributed by atoms with E-state index in [2.05, 4.69) is 83.2 Å². The van der Waals surface area contributed by atoms with Gasteiger partial charge in [0.1, 0.15) is 5.60 Å². The molecule has 202 valence electrons. The third-order valence-electron chi connectivity index (χ3n) is 9.20. The highest BCUT2D eigenvalue weighted by atomic mass is 16.3. The molecule has 0 unspecified atom stereocenters. The summed E-state index contributed by atoms with van der Waals surface area (Å²) in [5, 5.41) is 15.6. The number of benzene rings is 1. The average Bonchev–Trinajstić information content (AvgIpc) is 3.36. The number of aliphatic hydroxyl groups is 1. The zero-order chi connectivity index (χ0) is 26.4. The minimum atomic E-state index is -0.748. The van der Waals surface area contributed by atoms with Crippen molar-refractivity contribution < 1.29 is 9.90 Å². The highest BCUT2D eigenvalue weighted by molar-refractivity contribution is 5.81. The van der Waals surface area contributed by atoms with E-state index in [1.807, 2.05) is 10.7 Å². The highest BCUT2D eigenvalue weighted by Crippen LogP contribution is 2.35. The summed E-state index contributed by atoms with van der Waals surface area (Å²) in [4.78, 5) is 19.9. The van der Waals surface area contributed by atoms with Crippen LogP contribution in [0.2, 0.25) is 0 Å². The Morgan fingerprint density at radius 3 is 2.32 bits per heavy atom. The number of fused-ring (bicyclic) bond motifs is 1. The molecule has 1 amide bonds. The second-order valence-electron chi connectivity index (χ2n) is 12.2. The van der Waals surface area contributed by atoms with Crippen LogP contribution in [-0.4, -0.2) is 75.7 Å². The molecule has 0 spiro atoms. The number of hydrogen-bond acceptors (Lipinski definition) is 5. The van der Waals surface area contributed by atoms with Gasteiger partial charge >= 0.3 is 0 Å². The molecule has 2 saturated heterocycles. The van der Waals surface area contributed by atoms with Crippen LogP contribution in [0, 0.1) is 11.8 Å². The number of carbonyl (C=O) groups is 1. The van der Waals surface area contributed by atoms with Gasteiger partial charge in [0.25, 0.3) is 0 Å². The van der Waals surface area contributed by atoms with Crippen LogP contribution in [0.25, 0.3) is 16.6 Å². The third-order valence-corrected chi connectivity index (χ3v) is 9.20. The van der Waals surface area contributed by atoms with E-state index in [-0.39, 0.29) is 5.92 Å². The molecule has 0 bridgehead atoms. The lowest BCUT2D eigenvalue weighted by molar-refractivity contribution is -0.137. The lowest BCUT2D eigenvalue weighted by atomic mass is 9.82. The van der Waals surface area contributed by atoms with Crippen LogP contribution in [0.5, 0.6) is 0 Å². The van der Waals surface area contributed by atoms with E-state index < -0.39 is 5.60 Å². The quantitative estimate of drug-likeness (QED) is 0.546. The summed E-state index contributed by atoms with van der Waals surface area (Å²) in [6.07, 6.45) is 8.41. The lowest BCUT2D eigenvalue weighted by Crippen LogP contribution is -2.61. The number of nitrogens with zero attached hydrogens (tertiary/aromatic N) is 5. The van der Waals surface area contributed by atoms with E-state index >= 15 is 0 Å². The van der Waals surface area contributed by atoms with Crippen LogP contribution in [0.4, 0.5) is 5.69 Å². The van der Waals surface area contributed by atoms with E-state index in [0.29, 0.717) is 25.0 Å². The number of likely N-dealkylation sites (tertiary alicyclic amines) is 1. The molecule has 2 aromatic heterocycles. The fourth-order valence-electron chi connectivity index (χ4n) is 6.50. The van der Waals surface area contributed by atoms with Gasteiger partial charge in [0, 0.05) is 69.2 Å². The smallest absolute Gasteiger partial charge is 0.225 e. The average molecular weight is 516 g/mol. The Morgan fingerprint density at radius 2 is 1.66 bits per heavy atom. The molecule has 3 aromatic rings. The first kappa shape index (κ1) is 25.4. The first-order chi connectivity index (χ1) is 18.3. The monoisotopic (exact) mass is 515 g/mol. The van der Waals surface area contributed by atoms with Gasteiger partial charge in [-0.15, -0.1) is 0 Å². The number of hydrogen-bond donors (Lipinski definition) is 1. The van der Waals surface area contributed by atoms with Gasteiger partial charge in [-0.2, -0.15) is 5.10 Å². The van der Waals surface area contributed by atoms with E-state index in [4.69, 9.17) is 0 Å². The molecule has 1 aliphatic carbocycles. The highest BCUT2D eigenvalue weighted by Gasteiger charge is 2.43. The SMILES string of the molecule is CC1CCC(C(=O)N2CCN(c3ccnn4cc(-c5ccc(C6(O)CN(C(C)C)C6)cc5)cc34)CC2)CC1. The summed E-state index contributed by atoms with van der Waals surface area (Å²) < 4.78 is 1.96. The summed E-state index contributed by atoms with van der Waals surface area (Å²) >= 11 is 0. The van der Waals surface area contributed by atoms with Crippen molar-refractivity contribution in [1.29, 1.82) is 0 Å². The van der Waals surface area contributed by atoms with Crippen LogP contribution in [-0.2, 0) is 10.4 Å². The van der Waals surface area contributed by atoms with E-state index in [0.717, 1.165) is 67.1 Å². The molecule has 6 rings (SSSR count). The zero-order valence-corrected chi connectivity index (χ0v) is 23.0. The fourth-order valence-corrected chi connectivity index (χ4v) is 6.50. The van der Waals surface area contributed by atoms with Crippen LogP contribution < -0.4 is 4.90 Å². The van der Waals surface area contributed by atoms with Gasteiger partial charge in [0.15, 0.2) is 0 Å². The van der Waals surface area contributed by atoms with Gasteiger partial charge in [0.05, 0.1) is 11.2 Å². The second kappa shape index (κ2) is 10.0. The van der Waals surface area contributed by atoms with Gasteiger partial charge in [-0.3, -0.25) is 9.69 Å². The van der Waals surface area contributed by atoms with Crippen molar-refractivity contribution in [3.8, 4) is 11.1 Å². The van der Waals surface area contributed by atoms with E-state index in [1.165, 1.54) is 18.5 Å². The van der Waals surface area contributed by atoms with Crippen LogP contribution in [0.15, 0.2) is 48.8 Å². The first-order valence-electron chi connectivity index (χ1n) is 14.4. The Kier molecular flexibility index (Phi) is 6.68. The molecule has 0 atom stereocenters. The molecule has 1 aromatic carbocycles. The van der Waals surface area contributed by atoms with Crippen LogP contribution >= 0.6 is 0 Å². The number of piperazine rings is 1. The standard InChI is InChI=1S/C31H41N5O2/c1-22(2)35-20-31(38,21-35)27-10-8-24(9-11-27)26-18-29-28(12-13-32-36(29)19-26)33-14-16-34(17-15-33)30(37)25-6-4-23(3)5-7-25/h8-13,18-19,22-23,25,38H,4-7,14-17,20-21H2,1-3H3. The van der Waals surface area contributed by atoms with Crippen molar-refractivity contribution in [3.05, 3.63) is 54.4 Å². The number of aromatic nitrogens is 2. The molecule has 7 heteroatoms. The van der Waals surface area contributed by atoms with Gasteiger partial charge in [-0.1, -0.05) is 31.2 Å². The number of β-amino-alcohol motifs (C(OH)–C–C–N with tert-alkyl or cyclic N) is 1. The molecule has 1 saturated carbocycles. The van der Waals surface area contributed by atoms with Gasteiger partial charge in [-0.25, -0.2) is 4.52 Å². The normalized spacial score (nSPS) is 24.1. The predicted molar refractivity (Wildman–Crippen MR) is 151 cm³/mol. The Hall–Kier alpha value is -2.90. The Morgan fingerprint density at radius 1 is 0.974 bits per heavy atom. The molecule has 7 nitrogen and oxygen atoms in total. The molecule has 3 aliphatic rings. The Bertz CT molecular complexity index is 1280. The van der Waals surface area contributed by atoms with Gasteiger partial charge < -0.3 is 14.9 Å². The molecule has 0 radical (unpaired) electrons. The summed E-state index contributed by atoms with van der Waals surface area (Å²) in [5.74, 6) is 1.36. The van der Waals surface area contributed by atoms with Crippen molar-refractivity contribution in [2.75, 3.05) is 44.2 Å². The van der Waals surface area contributed by atoms with Crippen molar-refractivity contribution >= 4 is 17.1 Å². The van der Waals surface area contributed by atoms with Crippen LogP contribution in [0.3, 0.4) is 0 Å². The molecule has 2 aliphatic heterocycles. The molecular weight excluding hydrogens is 474 g/mol. The summed E-state index contributed by atoms with van der Waals surface area (Å²) in [6, 6.07) is 13.1. The van der Waals surface area contributed by atoms with Crippen LogP contribution in [0.1, 0.15) is 52.0 Å². The Labute approximate surface area is 226 Å².